The van der Waals surface area contributed by atoms with Crippen molar-refractivity contribution in [2.75, 3.05) is 5.32 Å². The van der Waals surface area contributed by atoms with Crippen molar-refractivity contribution in [3.63, 3.8) is 0 Å². The van der Waals surface area contributed by atoms with Gasteiger partial charge in [-0.3, -0.25) is 9.78 Å². The molecule has 1 aliphatic rings. The van der Waals surface area contributed by atoms with Crippen LogP contribution in [0.4, 0.5) is 5.69 Å². The van der Waals surface area contributed by atoms with Crippen LogP contribution in [0.3, 0.4) is 0 Å². The number of ketones is 1. The number of nitrogens with one attached hydrogen (secondary N) is 1. The second-order valence-corrected chi connectivity index (χ2v) is 8.18. The zero-order valence-corrected chi connectivity index (χ0v) is 15.7. The molecule has 132 valence electrons. The van der Waals surface area contributed by atoms with E-state index < -0.39 is 0 Å². The van der Waals surface area contributed by atoms with Gasteiger partial charge < -0.3 is 5.32 Å². The van der Waals surface area contributed by atoms with Crippen LogP contribution < -0.4 is 5.32 Å². The fourth-order valence-corrected chi connectivity index (χ4v) is 3.83. The van der Waals surface area contributed by atoms with E-state index in [2.05, 4.69) is 19.2 Å². The molecule has 1 heterocycles. The van der Waals surface area contributed by atoms with E-state index in [0.29, 0.717) is 13.0 Å². The SMILES string of the molecule is CC1(C)CC(=O)c2c(nc3ccccc3c2NCc2ccc(Cl)cc2)C1. The summed E-state index contributed by atoms with van der Waals surface area (Å²) in [6.45, 7) is 4.89. The minimum absolute atomic E-state index is 0.0486. The van der Waals surface area contributed by atoms with Crippen LogP contribution >= 0.6 is 11.6 Å². The monoisotopic (exact) mass is 364 g/mol. The summed E-state index contributed by atoms with van der Waals surface area (Å²) >= 11 is 5.97. The molecule has 0 spiro atoms. The van der Waals surface area contributed by atoms with Crippen LogP contribution in [0.25, 0.3) is 10.9 Å². The Labute approximate surface area is 158 Å². The summed E-state index contributed by atoms with van der Waals surface area (Å²) in [5, 5.41) is 5.22. The van der Waals surface area contributed by atoms with Crippen LogP contribution in [0.15, 0.2) is 48.5 Å². The van der Waals surface area contributed by atoms with Crippen LogP contribution in [0.1, 0.15) is 41.9 Å². The molecule has 0 saturated carbocycles. The smallest absolute Gasteiger partial charge is 0.167 e. The predicted molar refractivity (Wildman–Crippen MR) is 107 cm³/mol. The number of carbonyl (C=O) groups excluding carboxylic acids is 1. The van der Waals surface area contributed by atoms with E-state index in [-0.39, 0.29) is 11.2 Å². The van der Waals surface area contributed by atoms with Crippen molar-refractivity contribution in [1.29, 1.82) is 0 Å². The van der Waals surface area contributed by atoms with Gasteiger partial charge in [0.1, 0.15) is 0 Å². The number of rotatable bonds is 3. The molecule has 4 rings (SSSR count). The quantitative estimate of drug-likeness (QED) is 0.652. The van der Waals surface area contributed by atoms with Crippen LogP contribution in [0, 0.1) is 5.41 Å². The number of hydrogen-bond acceptors (Lipinski definition) is 3. The molecule has 2 aromatic carbocycles. The lowest BCUT2D eigenvalue weighted by atomic mass is 9.75. The van der Waals surface area contributed by atoms with Crippen molar-refractivity contribution in [2.45, 2.75) is 33.2 Å². The summed E-state index contributed by atoms with van der Waals surface area (Å²) in [5.41, 5.74) is 4.57. The second-order valence-electron chi connectivity index (χ2n) is 7.75. The average Bonchev–Trinajstić information content (AvgIpc) is 2.59. The van der Waals surface area contributed by atoms with E-state index in [0.717, 1.165) is 44.9 Å². The fraction of sp³-hybridized carbons (Fsp3) is 0.273. The number of fused-ring (bicyclic) bond motifs is 2. The summed E-state index contributed by atoms with van der Waals surface area (Å²) < 4.78 is 0. The van der Waals surface area contributed by atoms with Crippen molar-refractivity contribution < 1.29 is 4.79 Å². The van der Waals surface area contributed by atoms with Gasteiger partial charge in [0.2, 0.25) is 0 Å². The third-order valence-electron chi connectivity index (χ3n) is 4.91. The highest BCUT2D eigenvalue weighted by Gasteiger charge is 2.34. The number of carbonyl (C=O) groups is 1. The number of nitrogens with zero attached hydrogens (tertiary/aromatic N) is 1. The Balaban J connectivity index is 1.80. The molecular formula is C22H21ClN2O. The van der Waals surface area contributed by atoms with E-state index >= 15 is 0 Å². The Kier molecular flexibility index (Phi) is 4.20. The molecule has 4 heteroatoms. The first kappa shape index (κ1) is 17.0. The zero-order valence-electron chi connectivity index (χ0n) is 15.0. The van der Waals surface area contributed by atoms with E-state index in [4.69, 9.17) is 16.6 Å². The molecule has 0 unspecified atom stereocenters. The molecule has 1 aromatic heterocycles. The summed E-state index contributed by atoms with van der Waals surface area (Å²) in [4.78, 5) is 17.7. The van der Waals surface area contributed by atoms with Gasteiger partial charge in [-0.05, 0) is 35.6 Å². The molecule has 0 aliphatic heterocycles. The van der Waals surface area contributed by atoms with E-state index in [1.165, 1.54) is 0 Å². The van der Waals surface area contributed by atoms with Gasteiger partial charge in [-0.2, -0.15) is 0 Å². The molecular weight excluding hydrogens is 344 g/mol. The molecule has 0 bridgehead atoms. The molecule has 1 N–H and O–H groups in total. The number of benzene rings is 2. The summed E-state index contributed by atoms with van der Waals surface area (Å²) in [6, 6.07) is 15.8. The largest absolute Gasteiger partial charge is 0.380 e. The van der Waals surface area contributed by atoms with Crippen LogP contribution in [-0.2, 0) is 13.0 Å². The van der Waals surface area contributed by atoms with Gasteiger partial charge in [0.25, 0.3) is 0 Å². The Morgan fingerprint density at radius 2 is 1.81 bits per heavy atom. The van der Waals surface area contributed by atoms with Crippen LogP contribution in [0.2, 0.25) is 5.02 Å². The van der Waals surface area contributed by atoms with Gasteiger partial charge in [-0.1, -0.05) is 55.8 Å². The number of para-hydroxylation sites is 1. The highest BCUT2D eigenvalue weighted by Crippen LogP contribution is 2.39. The molecule has 0 fully saturated rings. The molecule has 1 aliphatic carbocycles. The van der Waals surface area contributed by atoms with Crippen LogP contribution in [-0.4, -0.2) is 10.8 Å². The van der Waals surface area contributed by atoms with Gasteiger partial charge in [-0.15, -0.1) is 0 Å². The predicted octanol–water partition coefficient (Wildman–Crippen LogP) is 5.66. The van der Waals surface area contributed by atoms with Gasteiger partial charge in [0, 0.05) is 23.4 Å². The van der Waals surface area contributed by atoms with Crippen molar-refractivity contribution in [3.05, 3.63) is 70.4 Å². The summed E-state index contributed by atoms with van der Waals surface area (Å²) in [5.74, 6) is 0.174. The number of halogens is 1. The maximum Gasteiger partial charge on any atom is 0.167 e. The molecule has 0 atom stereocenters. The molecule has 26 heavy (non-hydrogen) atoms. The third kappa shape index (κ3) is 3.19. The Bertz CT molecular complexity index is 993. The normalized spacial score (nSPS) is 15.7. The summed E-state index contributed by atoms with van der Waals surface area (Å²) in [6.07, 6.45) is 1.37. The van der Waals surface area contributed by atoms with Crippen molar-refractivity contribution in [3.8, 4) is 0 Å². The topological polar surface area (TPSA) is 42.0 Å². The number of Topliss-reactive ketones (excluding diaryl/α,β-unsaturated/α-hetero) is 1. The molecule has 3 aromatic rings. The van der Waals surface area contributed by atoms with Gasteiger partial charge in [0.15, 0.2) is 5.78 Å². The lowest BCUT2D eigenvalue weighted by molar-refractivity contribution is 0.0911. The number of anilines is 1. The van der Waals surface area contributed by atoms with E-state index in [1.54, 1.807) is 0 Å². The highest BCUT2D eigenvalue weighted by molar-refractivity contribution is 6.30. The van der Waals surface area contributed by atoms with Crippen molar-refractivity contribution in [1.82, 2.24) is 4.98 Å². The second kappa shape index (κ2) is 6.40. The van der Waals surface area contributed by atoms with E-state index in [9.17, 15) is 4.79 Å². The lowest BCUT2D eigenvalue weighted by Crippen LogP contribution is -2.29. The fourth-order valence-electron chi connectivity index (χ4n) is 3.71. The van der Waals surface area contributed by atoms with Gasteiger partial charge >= 0.3 is 0 Å². The lowest BCUT2D eigenvalue weighted by Gasteiger charge is -2.31. The first-order valence-corrected chi connectivity index (χ1v) is 9.24. The number of aromatic nitrogens is 1. The minimum atomic E-state index is -0.0486. The zero-order chi connectivity index (χ0) is 18.3. The van der Waals surface area contributed by atoms with Gasteiger partial charge in [0.05, 0.1) is 22.5 Å². The first-order valence-electron chi connectivity index (χ1n) is 8.86. The Morgan fingerprint density at radius 3 is 2.58 bits per heavy atom. The number of pyridine rings is 1. The standard InChI is InChI=1S/C22H21ClN2O/c1-22(2)11-18-20(19(26)12-22)21(16-5-3-4-6-17(16)25-18)24-13-14-7-9-15(23)10-8-14/h3-10H,11-13H2,1-2H3,(H,24,25). The molecule has 0 amide bonds. The third-order valence-corrected chi connectivity index (χ3v) is 5.17. The molecule has 3 nitrogen and oxygen atoms in total. The van der Waals surface area contributed by atoms with Crippen LogP contribution in [0.5, 0.6) is 0 Å². The molecule has 0 saturated heterocycles. The molecule has 0 radical (unpaired) electrons. The maximum absolute atomic E-state index is 12.9. The first-order chi connectivity index (χ1) is 12.4. The van der Waals surface area contributed by atoms with Crippen molar-refractivity contribution in [2.24, 2.45) is 5.41 Å². The van der Waals surface area contributed by atoms with Gasteiger partial charge in [-0.25, -0.2) is 0 Å². The average molecular weight is 365 g/mol. The minimum Gasteiger partial charge on any atom is -0.380 e. The Hall–Kier alpha value is -2.39. The number of hydrogen-bond donors (Lipinski definition) is 1. The highest BCUT2D eigenvalue weighted by atomic mass is 35.5. The van der Waals surface area contributed by atoms with E-state index in [1.807, 2.05) is 48.5 Å². The maximum atomic E-state index is 12.9. The Morgan fingerprint density at radius 1 is 1.08 bits per heavy atom. The van der Waals surface area contributed by atoms with Crippen molar-refractivity contribution >= 4 is 34.0 Å². The summed E-state index contributed by atoms with van der Waals surface area (Å²) in [7, 11) is 0.